The third-order valence-electron chi connectivity index (χ3n) is 3.56. The Balaban J connectivity index is 1.97. The Morgan fingerprint density at radius 1 is 1.00 bits per heavy atom. The highest BCUT2D eigenvalue weighted by Crippen LogP contribution is 2.32. The number of hydrogen-bond donors (Lipinski definition) is 0. The van der Waals surface area contributed by atoms with E-state index in [1.165, 1.54) is 22.3 Å². The fourth-order valence-corrected chi connectivity index (χ4v) is 2.75. The van der Waals surface area contributed by atoms with Gasteiger partial charge in [-0.25, -0.2) is 0 Å². The molecule has 0 spiro atoms. The SMILES string of the molecule is COc1ccc2c(c1)CCC(c1ccc(Br)cc1)=C2. The molecule has 0 bridgehead atoms. The molecular weight excluding hydrogens is 300 g/mol. The highest BCUT2D eigenvalue weighted by atomic mass is 79.9. The summed E-state index contributed by atoms with van der Waals surface area (Å²) in [6, 6.07) is 14.9. The van der Waals surface area contributed by atoms with E-state index in [4.69, 9.17) is 4.74 Å². The number of aryl methyl sites for hydroxylation is 1. The number of fused-ring (bicyclic) bond motifs is 1. The van der Waals surface area contributed by atoms with Crippen molar-refractivity contribution in [1.29, 1.82) is 0 Å². The molecule has 1 nitrogen and oxygen atoms in total. The van der Waals surface area contributed by atoms with Crippen molar-refractivity contribution in [3.05, 3.63) is 63.6 Å². The molecule has 0 saturated carbocycles. The molecule has 2 aromatic rings. The molecule has 0 unspecified atom stereocenters. The summed E-state index contributed by atoms with van der Waals surface area (Å²) in [5, 5.41) is 0. The molecule has 0 saturated heterocycles. The molecule has 96 valence electrons. The van der Waals surface area contributed by atoms with Crippen LogP contribution in [-0.2, 0) is 6.42 Å². The molecule has 0 aliphatic heterocycles. The summed E-state index contributed by atoms with van der Waals surface area (Å²) in [4.78, 5) is 0. The van der Waals surface area contributed by atoms with Crippen molar-refractivity contribution in [3.8, 4) is 5.75 Å². The Morgan fingerprint density at radius 2 is 1.79 bits per heavy atom. The minimum absolute atomic E-state index is 0.944. The van der Waals surface area contributed by atoms with Gasteiger partial charge < -0.3 is 4.74 Å². The van der Waals surface area contributed by atoms with E-state index >= 15 is 0 Å². The van der Waals surface area contributed by atoms with E-state index in [0.29, 0.717) is 0 Å². The van der Waals surface area contributed by atoms with Gasteiger partial charge in [-0.2, -0.15) is 0 Å². The monoisotopic (exact) mass is 314 g/mol. The van der Waals surface area contributed by atoms with Crippen LogP contribution in [0.25, 0.3) is 11.6 Å². The van der Waals surface area contributed by atoms with E-state index in [1.807, 2.05) is 6.07 Å². The van der Waals surface area contributed by atoms with Crippen molar-refractivity contribution < 1.29 is 4.74 Å². The standard InChI is InChI=1S/C17H15BrO/c1-19-17-9-6-14-10-13(2-3-15(14)11-17)12-4-7-16(18)8-5-12/h4-11H,2-3H2,1H3. The number of benzene rings is 2. The number of hydrogen-bond acceptors (Lipinski definition) is 1. The molecular formula is C17H15BrO. The quantitative estimate of drug-likeness (QED) is 0.762. The molecule has 1 aliphatic carbocycles. The lowest BCUT2D eigenvalue weighted by Crippen LogP contribution is -1.99. The lowest BCUT2D eigenvalue weighted by Gasteiger charge is -2.17. The first-order valence-corrected chi connectivity index (χ1v) is 7.19. The van der Waals surface area contributed by atoms with E-state index < -0.39 is 0 Å². The first kappa shape index (κ1) is 12.5. The normalized spacial score (nSPS) is 13.7. The maximum absolute atomic E-state index is 5.28. The van der Waals surface area contributed by atoms with Crippen LogP contribution < -0.4 is 4.74 Å². The molecule has 0 fully saturated rings. The predicted molar refractivity (Wildman–Crippen MR) is 83.3 cm³/mol. The minimum atomic E-state index is 0.944. The summed E-state index contributed by atoms with van der Waals surface area (Å²) in [6.45, 7) is 0. The maximum atomic E-state index is 5.28. The zero-order valence-electron chi connectivity index (χ0n) is 10.8. The van der Waals surface area contributed by atoms with Crippen LogP contribution in [0.5, 0.6) is 5.75 Å². The Kier molecular flexibility index (Phi) is 3.43. The number of halogens is 1. The van der Waals surface area contributed by atoms with Crippen molar-refractivity contribution in [2.24, 2.45) is 0 Å². The second-order valence-corrected chi connectivity index (χ2v) is 5.66. The first-order chi connectivity index (χ1) is 9.26. The van der Waals surface area contributed by atoms with E-state index in [2.05, 4.69) is 58.4 Å². The van der Waals surface area contributed by atoms with Crippen molar-refractivity contribution in [2.75, 3.05) is 7.11 Å². The van der Waals surface area contributed by atoms with Gasteiger partial charge in [0.2, 0.25) is 0 Å². The van der Waals surface area contributed by atoms with Gasteiger partial charge in [0.1, 0.15) is 5.75 Å². The van der Waals surface area contributed by atoms with Crippen molar-refractivity contribution in [2.45, 2.75) is 12.8 Å². The lowest BCUT2D eigenvalue weighted by atomic mass is 9.88. The van der Waals surface area contributed by atoms with Gasteiger partial charge in [0, 0.05) is 4.47 Å². The third-order valence-corrected chi connectivity index (χ3v) is 4.09. The number of ether oxygens (including phenoxy) is 1. The second-order valence-electron chi connectivity index (χ2n) is 4.74. The van der Waals surface area contributed by atoms with E-state index in [1.54, 1.807) is 7.11 Å². The molecule has 0 amide bonds. The van der Waals surface area contributed by atoms with E-state index in [0.717, 1.165) is 23.1 Å². The van der Waals surface area contributed by atoms with E-state index in [9.17, 15) is 0 Å². The maximum Gasteiger partial charge on any atom is 0.119 e. The minimum Gasteiger partial charge on any atom is -0.497 e. The summed E-state index contributed by atoms with van der Waals surface area (Å²) < 4.78 is 6.40. The number of rotatable bonds is 2. The van der Waals surface area contributed by atoms with Crippen LogP contribution in [0.1, 0.15) is 23.1 Å². The molecule has 0 atom stereocenters. The third kappa shape index (κ3) is 2.59. The fraction of sp³-hybridized carbons (Fsp3) is 0.176. The van der Waals surface area contributed by atoms with Gasteiger partial charge in [-0.1, -0.05) is 40.2 Å². The average Bonchev–Trinajstić information content (AvgIpc) is 2.47. The molecule has 3 rings (SSSR count). The van der Waals surface area contributed by atoms with Gasteiger partial charge in [0.15, 0.2) is 0 Å². The topological polar surface area (TPSA) is 9.23 Å². The summed E-state index contributed by atoms with van der Waals surface area (Å²) >= 11 is 3.48. The Labute approximate surface area is 122 Å². The molecule has 2 heteroatoms. The first-order valence-electron chi connectivity index (χ1n) is 6.40. The highest BCUT2D eigenvalue weighted by Gasteiger charge is 2.12. The van der Waals surface area contributed by atoms with Crippen molar-refractivity contribution in [3.63, 3.8) is 0 Å². The van der Waals surface area contributed by atoms with Crippen LogP contribution in [0.4, 0.5) is 0 Å². The summed E-state index contributed by atoms with van der Waals surface area (Å²) in [7, 11) is 1.72. The zero-order chi connectivity index (χ0) is 13.2. The Morgan fingerprint density at radius 3 is 2.53 bits per heavy atom. The van der Waals surface area contributed by atoms with Gasteiger partial charge in [-0.3, -0.25) is 0 Å². The summed E-state index contributed by atoms with van der Waals surface area (Å²) in [5.41, 5.74) is 5.40. The Hall–Kier alpha value is -1.54. The van der Waals surface area contributed by atoms with Crippen LogP contribution in [0, 0.1) is 0 Å². The molecule has 0 radical (unpaired) electrons. The van der Waals surface area contributed by atoms with Crippen LogP contribution >= 0.6 is 15.9 Å². The van der Waals surface area contributed by atoms with Crippen molar-refractivity contribution >= 4 is 27.6 Å². The van der Waals surface area contributed by atoms with Crippen LogP contribution in [-0.4, -0.2) is 7.11 Å². The molecule has 0 heterocycles. The van der Waals surface area contributed by atoms with Crippen molar-refractivity contribution in [1.82, 2.24) is 0 Å². The second kappa shape index (κ2) is 5.22. The molecule has 2 aromatic carbocycles. The van der Waals surface area contributed by atoms with Gasteiger partial charge in [0.25, 0.3) is 0 Å². The zero-order valence-corrected chi connectivity index (χ0v) is 12.4. The lowest BCUT2D eigenvalue weighted by molar-refractivity contribution is 0.414. The summed E-state index contributed by atoms with van der Waals surface area (Å²) in [6.07, 6.45) is 4.46. The van der Waals surface area contributed by atoms with Gasteiger partial charge in [0.05, 0.1) is 7.11 Å². The van der Waals surface area contributed by atoms with E-state index in [-0.39, 0.29) is 0 Å². The highest BCUT2D eigenvalue weighted by molar-refractivity contribution is 9.10. The Bertz CT molecular complexity index is 626. The smallest absolute Gasteiger partial charge is 0.119 e. The molecule has 0 aromatic heterocycles. The van der Waals surface area contributed by atoms with Gasteiger partial charge in [-0.15, -0.1) is 0 Å². The van der Waals surface area contributed by atoms with Gasteiger partial charge in [-0.05, 0) is 59.4 Å². The molecule has 0 N–H and O–H groups in total. The van der Waals surface area contributed by atoms with Gasteiger partial charge >= 0.3 is 0 Å². The number of allylic oxidation sites excluding steroid dienone is 1. The summed E-state index contributed by atoms with van der Waals surface area (Å²) in [5.74, 6) is 0.944. The molecule has 1 aliphatic rings. The molecule has 19 heavy (non-hydrogen) atoms. The number of methoxy groups -OCH3 is 1. The average molecular weight is 315 g/mol. The predicted octanol–water partition coefficient (Wildman–Crippen LogP) is 4.94. The largest absolute Gasteiger partial charge is 0.497 e. The van der Waals surface area contributed by atoms with Crippen LogP contribution in [0.2, 0.25) is 0 Å². The fourth-order valence-electron chi connectivity index (χ4n) is 2.49. The van der Waals surface area contributed by atoms with Crippen LogP contribution in [0.15, 0.2) is 46.9 Å². The van der Waals surface area contributed by atoms with Crippen LogP contribution in [0.3, 0.4) is 0 Å².